The van der Waals surface area contributed by atoms with Crippen molar-refractivity contribution >= 4 is 23.2 Å². The van der Waals surface area contributed by atoms with Gasteiger partial charge in [0.1, 0.15) is 4.84 Å². The number of terminal acetylenes is 1. The first-order valence-electron chi connectivity index (χ1n) is 1.35. The van der Waals surface area contributed by atoms with Crippen LogP contribution in [0.3, 0.4) is 0 Å². The zero-order chi connectivity index (χ0) is 5.58. The van der Waals surface area contributed by atoms with E-state index in [4.69, 9.17) is 23.2 Å². The van der Waals surface area contributed by atoms with Gasteiger partial charge in [-0.15, -0.1) is 36.0 Å². The van der Waals surface area contributed by atoms with Gasteiger partial charge in [-0.25, -0.2) is 0 Å². The molecule has 0 aromatic heterocycles. The standard InChI is InChI=1S/C2H4Cl2.C2H2.ClH/c1-2(3)4;1-2;/h2H,1H3;1-2H;1H. The van der Waals surface area contributed by atoms with Gasteiger partial charge in [0, 0.05) is 0 Å². The van der Waals surface area contributed by atoms with Crippen LogP contribution >= 0.6 is 23.2 Å². The van der Waals surface area contributed by atoms with E-state index in [1.54, 1.807) is 6.92 Å². The van der Waals surface area contributed by atoms with Crippen LogP contribution in [0, 0.1) is 12.8 Å². The summed E-state index contributed by atoms with van der Waals surface area (Å²) in [5, 5.41) is 0. The fourth-order valence-corrected chi connectivity index (χ4v) is 0. The Hall–Kier alpha value is 0.430. The van der Waals surface area contributed by atoms with Crippen LogP contribution < -0.4 is 12.4 Å². The molecule has 0 spiro atoms. The summed E-state index contributed by atoms with van der Waals surface area (Å²) < 4.78 is 0. The lowest BCUT2D eigenvalue weighted by Gasteiger charge is -1.72. The van der Waals surface area contributed by atoms with E-state index >= 15 is 0 Å². The Morgan fingerprint density at radius 1 is 1.43 bits per heavy atom. The topological polar surface area (TPSA) is 0 Å². The van der Waals surface area contributed by atoms with Gasteiger partial charge in [0.05, 0.1) is 0 Å². The van der Waals surface area contributed by atoms with Gasteiger partial charge in [0.15, 0.2) is 0 Å². The van der Waals surface area contributed by atoms with Crippen molar-refractivity contribution in [3.05, 3.63) is 0 Å². The predicted molar refractivity (Wildman–Crippen MR) is 32.2 cm³/mol. The number of hydrogen-bond donors (Lipinski definition) is 0. The quantitative estimate of drug-likeness (QED) is 0.322. The third-order valence-electron chi connectivity index (χ3n) is 0. The zero-order valence-corrected chi connectivity index (χ0v) is 6.13. The molecule has 0 atom stereocenters. The van der Waals surface area contributed by atoms with Crippen molar-refractivity contribution in [3.8, 4) is 12.8 Å². The molecule has 0 unspecified atom stereocenters. The molecule has 0 N–H and O–H groups in total. The maximum absolute atomic E-state index is 5.04. The van der Waals surface area contributed by atoms with E-state index in [2.05, 4.69) is 12.8 Å². The van der Waals surface area contributed by atoms with Gasteiger partial charge in [0.2, 0.25) is 0 Å². The van der Waals surface area contributed by atoms with Crippen molar-refractivity contribution in [3.63, 3.8) is 0 Å². The Morgan fingerprint density at radius 2 is 1.43 bits per heavy atom. The third kappa shape index (κ3) is 682. The van der Waals surface area contributed by atoms with Crippen molar-refractivity contribution in [1.82, 2.24) is 0 Å². The summed E-state index contributed by atoms with van der Waals surface area (Å²) in [7, 11) is 0. The Labute approximate surface area is 62.1 Å². The predicted octanol–water partition coefficient (Wildman–Crippen LogP) is -0.824. The normalized spacial score (nSPS) is 5.43. The summed E-state index contributed by atoms with van der Waals surface area (Å²) in [5.41, 5.74) is 0. The van der Waals surface area contributed by atoms with Crippen molar-refractivity contribution in [2.24, 2.45) is 0 Å². The van der Waals surface area contributed by atoms with Crippen LogP contribution in [-0.4, -0.2) is 4.84 Å². The average molecular weight is 161 g/mol. The summed E-state index contributed by atoms with van der Waals surface area (Å²) in [4.78, 5) is -0.222. The molecule has 0 aliphatic rings. The van der Waals surface area contributed by atoms with Gasteiger partial charge in [-0.05, 0) is 6.92 Å². The van der Waals surface area contributed by atoms with E-state index in [1.165, 1.54) is 0 Å². The molecule has 0 saturated carbocycles. The molecule has 0 heterocycles. The molecule has 0 fully saturated rings. The van der Waals surface area contributed by atoms with E-state index in [-0.39, 0.29) is 18.7 Å². The van der Waals surface area contributed by atoms with Crippen LogP contribution in [-0.2, 0) is 0 Å². The van der Waals surface area contributed by atoms with Crippen LogP contribution in [0.25, 0.3) is 0 Å². The summed E-state index contributed by atoms with van der Waals surface area (Å²) in [6, 6.07) is 0. The van der Waals surface area contributed by atoms with E-state index < -0.39 is 0 Å². The van der Waals surface area contributed by atoms with E-state index in [0.29, 0.717) is 0 Å². The monoisotopic (exact) mass is 160 g/mol. The Morgan fingerprint density at radius 3 is 1.43 bits per heavy atom. The van der Waals surface area contributed by atoms with Gasteiger partial charge in [-0.3, -0.25) is 0 Å². The molecule has 3 heteroatoms. The van der Waals surface area contributed by atoms with Crippen LogP contribution in [0.5, 0.6) is 0 Å². The smallest absolute Gasteiger partial charge is 1.00 e. The van der Waals surface area contributed by atoms with Crippen molar-refractivity contribution in [1.29, 1.82) is 0 Å². The minimum absolute atomic E-state index is 0. The molecular weight excluding hydrogens is 154 g/mol. The lowest BCUT2D eigenvalue weighted by atomic mass is 11.0. The molecule has 7 heavy (non-hydrogen) atoms. The molecule has 0 saturated heterocycles. The Kier molecular flexibility index (Phi) is 36.0. The van der Waals surface area contributed by atoms with E-state index in [1.807, 2.05) is 0 Å². The fourth-order valence-electron chi connectivity index (χ4n) is 0. The largest absolute Gasteiger partial charge is 1.00 e. The highest BCUT2D eigenvalue weighted by Gasteiger charge is 1.75. The van der Waals surface area contributed by atoms with Gasteiger partial charge in [-0.2, -0.15) is 0 Å². The second-order valence-electron chi connectivity index (χ2n) is 0.519. The van der Waals surface area contributed by atoms with Gasteiger partial charge in [-0.1, -0.05) is 0 Å². The first kappa shape index (κ1) is 15.7. The minimum atomic E-state index is -0.222. The first-order chi connectivity index (χ1) is 2.73. The number of halogens is 3. The SMILES string of the molecule is C#C.CC(Cl)Cl.[Cl-].[H+]. The molecular formula is C4H7Cl3. The van der Waals surface area contributed by atoms with Gasteiger partial charge in [0.25, 0.3) is 0 Å². The Bertz CT molecular complexity index is 32.8. The molecule has 0 amide bonds. The van der Waals surface area contributed by atoms with Crippen LogP contribution in [0.1, 0.15) is 8.35 Å². The second kappa shape index (κ2) is 16.1. The fraction of sp³-hybridized carbons (Fsp3) is 0.500. The highest BCUT2D eigenvalue weighted by Crippen LogP contribution is 1.95. The van der Waals surface area contributed by atoms with Gasteiger partial charge >= 0.3 is 1.43 Å². The average Bonchev–Trinajstić information content (AvgIpc) is 1.41. The number of rotatable bonds is 0. The summed E-state index contributed by atoms with van der Waals surface area (Å²) >= 11 is 10.1. The molecule has 0 radical (unpaired) electrons. The van der Waals surface area contributed by atoms with Crippen molar-refractivity contribution < 1.29 is 13.8 Å². The van der Waals surface area contributed by atoms with Gasteiger partial charge < -0.3 is 12.4 Å². The van der Waals surface area contributed by atoms with Crippen molar-refractivity contribution in [2.45, 2.75) is 11.8 Å². The molecule has 0 bridgehead atoms. The molecule has 0 aromatic carbocycles. The number of alkyl halides is 2. The summed E-state index contributed by atoms with van der Waals surface area (Å²) in [5.74, 6) is 0. The van der Waals surface area contributed by atoms with E-state index in [9.17, 15) is 0 Å². The highest BCUT2D eigenvalue weighted by molar-refractivity contribution is 6.43. The molecule has 0 aliphatic heterocycles. The van der Waals surface area contributed by atoms with Crippen LogP contribution in [0.15, 0.2) is 0 Å². The van der Waals surface area contributed by atoms with E-state index in [0.717, 1.165) is 0 Å². The second-order valence-corrected chi connectivity index (χ2v) is 2.05. The lowest BCUT2D eigenvalue weighted by Crippen LogP contribution is -3.00. The summed E-state index contributed by atoms with van der Waals surface area (Å²) in [6.45, 7) is 1.70. The highest BCUT2D eigenvalue weighted by atomic mass is 35.5. The van der Waals surface area contributed by atoms with Crippen molar-refractivity contribution in [2.75, 3.05) is 0 Å². The molecule has 0 aromatic rings. The molecule has 0 nitrogen and oxygen atoms in total. The van der Waals surface area contributed by atoms with Crippen LogP contribution in [0.4, 0.5) is 0 Å². The number of hydrogen-bond acceptors (Lipinski definition) is 0. The minimum Gasteiger partial charge on any atom is -1.00 e. The maximum atomic E-state index is 5.04. The molecule has 0 rings (SSSR count). The molecule has 44 valence electrons. The Balaban J connectivity index is -0.0000000183. The van der Waals surface area contributed by atoms with Crippen LogP contribution in [0.2, 0.25) is 0 Å². The third-order valence-corrected chi connectivity index (χ3v) is 0. The zero-order valence-electron chi connectivity index (χ0n) is 4.87. The maximum Gasteiger partial charge on any atom is 1.00 e. The lowest BCUT2D eigenvalue weighted by molar-refractivity contribution is -0.00000122. The first-order valence-corrected chi connectivity index (χ1v) is 2.22. The summed E-state index contributed by atoms with van der Waals surface area (Å²) in [6.07, 6.45) is 8.00. The molecule has 0 aliphatic carbocycles.